The molecule has 112 valence electrons. The smallest absolute Gasteiger partial charge is 0.407 e. The van der Waals surface area contributed by atoms with E-state index in [1.165, 1.54) is 6.33 Å². The number of rotatable bonds is 5. The van der Waals surface area contributed by atoms with Crippen molar-refractivity contribution in [2.75, 3.05) is 18.4 Å². The second kappa shape index (κ2) is 7.46. The molecule has 0 bridgehead atoms. The fourth-order valence-corrected chi connectivity index (χ4v) is 1.79. The highest BCUT2D eigenvalue weighted by Gasteiger charge is 2.15. The third-order valence-corrected chi connectivity index (χ3v) is 3.11. The van der Waals surface area contributed by atoms with Crippen LogP contribution >= 0.6 is 22.6 Å². The highest BCUT2D eigenvalue weighted by atomic mass is 127. The monoisotopic (exact) mass is 394 g/mol. The first-order valence-electron chi connectivity index (χ1n) is 6.23. The highest BCUT2D eigenvalue weighted by Crippen LogP contribution is 2.08. The van der Waals surface area contributed by atoms with Crippen LogP contribution in [0.25, 0.3) is 0 Å². The molecule has 3 N–H and O–H groups in total. The first-order valence-corrected chi connectivity index (χ1v) is 7.31. The van der Waals surface area contributed by atoms with Crippen molar-refractivity contribution < 1.29 is 9.53 Å². The summed E-state index contributed by atoms with van der Waals surface area (Å²) in [5.74, 6) is 0.548. The van der Waals surface area contributed by atoms with E-state index in [2.05, 4.69) is 20.6 Å². The van der Waals surface area contributed by atoms with Crippen LogP contribution in [0, 0.1) is 3.57 Å². The molecule has 0 aliphatic carbocycles. The lowest BCUT2D eigenvalue weighted by Gasteiger charge is -2.19. The largest absolute Gasteiger partial charge is 0.444 e. The number of anilines is 1. The van der Waals surface area contributed by atoms with Gasteiger partial charge in [0.15, 0.2) is 0 Å². The van der Waals surface area contributed by atoms with Crippen LogP contribution in [0.5, 0.6) is 0 Å². The Hall–Kier alpha value is -1.32. The van der Waals surface area contributed by atoms with Crippen molar-refractivity contribution in [1.29, 1.82) is 0 Å². The van der Waals surface area contributed by atoms with Gasteiger partial charge in [0.25, 0.3) is 5.56 Å². The highest BCUT2D eigenvalue weighted by molar-refractivity contribution is 14.1. The van der Waals surface area contributed by atoms with E-state index in [-0.39, 0.29) is 5.56 Å². The van der Waals surface area contributed by atoms with E-state index >= 15 is 0 Å². The van der Waals surface area contributed by atoms with Gasteiger partial charge >= 0.3 is 6.09 Å². The zero-order chi connectivity index (χ0) is 15.2. The first-order chi connectivity index (χ1) is 9.29. The van der Waals surface area contributed by atoms with Crippen molar-refractivity contribution >= 4 is 34.5 Å². The summed E-state index contributed by atoms with van der Waals surface area (Å²) in [7, 11) is 0. The Morgan fingerprint density at radius 2 is 2.15 bits per heavy atom. The van der Waals surface area contributed by atoms with E-state index in [1.807, 2.05) is 43.4 Å². The number of H-pyrrole nitrogens is 1. The lowest BCUT2D eigenvalue weighted by Crippen LogP contribution is -2.33. The Labute approximate surface area is 131 Å². The molecule has 0 fully saturated rings. The molecule has 0 saturated carbocycles. The molecule has 1 aromatic rings. The minimum atomic E-state index is -0.493. The molecule has 0 aliphatic rings. The third-order valence-electron chi connectivity index (χ3n) is 2.11. The van der Waals surface area contributed by atoms with Gasteiger partial charge in [0.1, 0.15) is 15.0 Å². The average molecular weight is 394 g/mol. The lowest BCUT2D eigenvalue weighted by molar-refractivity contribution is 0.0528. The molecule has 0 aliphatic heterocycles. The average Bonchev–Trinajstić information content (AvgIpc) is 2.31. The molecule has 0 spiro atoms. The standard InChI is InChI=1S/C12H19IN4O3/c1-12(2,3)20-11(19)15-6-4-5-14-9-8(13)10(18)17-7-16-9/h7H,4-6H2,1-3H3,(H,15,19)(H2,14,16,17,18). The fraction of sp³-hybridized carbons (Fsp3) is 0.583. The summed E-state index contributed by atoms with van der Waals surface area (Å²) in [6, 6.07) is 0. The van der Waals surface area contributed by atoms with Crippen molar-refractivity contribution in [3.63, 3.8) is 0 Å². The Balaban J connectivity index is 2.24. The summed E-state index contributed by atoms with van der Waals surface area (Å²) < 4.78 is 5.63. The van der Waals surface area contributed by atoms with E-state index < -0.39 is 11.7 Å². The number of nitrogens with zero attached hydrogens (tertiary/aromatic N) is 1. The number of aromatic nitrogens is 2. The number of hydrogen-bond donors (Lipinski definition) is 3. The van der Waals surface area contributed by atoms with Gasteiger partial charge < -0.3 is 20.4 Å². The number of carbonyl (C=O) groups is 1. The minimum Gasteiger partial charge on any atom is -0.444 e. The maximum atomic E-state index is 11.4. The van der Waals surface area contributed by atoms with E-state index in [0.717, 1.165) is 0 Å². The Morgan fingerprint density at radius 3 is 2.80 bits per heavy atom. The molecular formula is C12H19IN4O3. The number of ether oxygens (including phenoxy) is 1. The normalized spacial score (nSPS) is 11.0. The second-order valence-corrected chi connectivity index (χ2v) is 6.18. The quantitative estimate of drug-likeness (QED) is 0.522. The summed E-state index contributed by atoms with van der Waals surface area (Å²) in [5.41, 5.74) is -0.664. The molecule has 1 rings (SSSR count). The predicted molar refractivity (Wildman–Crippen MR) is 84.9 cm³/mol. The van der Waals surface area contributed by atoms with Crippen LogP contribution in [0.1, 0.15) is 27.2 Å². The van der Waals surface area contributed by atoms with Crippen LogP contribution < -0.4 is 16.2 Å². The number of amides is 1. The van der Waals surface area contributed by atoms with Crippen molar-refractivity contribution in [2.24, 2.45) is 0 Å². The van der Waals surface area contributed by atoms with Crippen molar-refractivity contribution in [1.82, 2.24) is 15.3 Å². The molecule has 1 heterocycles. The molecular weight excluding hydrogens is 375 g/mol. The van der Waals surface area contributed by atoms with Gasteiger partial charge in [0.2, 0.25) is 0 Å². The summed E-state index contributed by atoms with van der Waals surface area (Å²) in [4.78, 5) is 29.2. The van der Waals surface area contributed by atoms with Gasteiger partial charge in [-0.2, -0.15) is 0 Å². The van der Waals surface area contributed by atoms with E-state index in [0.29, 0.717) is 28.9 Å². The minimum absolute atomic E-state index is 0.171. The maximum Gasteiger partial charge on any atom is 0.407 e. The SMILES string of the molecule is CC(C)(C)OC(=O)NCCCNc1nc[nH]c(=O)c1I. The molecule has 1 amide bonds. The summed E-state index contributed by atoms with van der Waals surface area (Å²) >= 11 is 1.93. The molecule has 8 heteroatoms. The molecule has 1 aromatic heterocycles. The van der Waals surface area contributed by atoms with E-state index in [9.17, 15) is 9.59 Å². The number of hydrogen-bond acceptors (Lipinski definition) is 5. The van der Waals surface area contributed by atoms with Crippen molar-refractivity contribution in [3.05, 3.63) is 20.3 Å². The zero-order valence-corrected chi connectivity index (χ0v) is 13.9. The molecule has 20 heavy (non-hydrogen) atoms. The molecule has 0 saturated heterocycles. The molecule has 7 nitrogen and oxygen atoms in total. The Kier molecular flexibility index (Phi) is 6.24. The third kappa shape index (κ3) is 6.22. The van der Waals surface area contributed by atoms with Gasteiger partial charge in [0.05, 0.1) is 6.33 Å². The van der Waals surface area contributed by atoms with Crippen molar-refractivity contribution in [3.8, 4) is 0 Å². The first kappa shape index (κ1) is 16.7. The second-order valence-electron chi connectivity index (χ2n) is 5.10. The van der Waals surface area contributed by atoms with Crippen LogP contribution in [0.15, 0.2) is 11.1 Å². The van der Waals surface area contributed by atoms with Crippen molar-refractivity contribution in [2.45, 2.75) is 32.8 Å². The van der Waals surface area contributed by atoms with Crippen LogP contribution in [-0.4, -0.2) is 34.8 Å². The van der Waals surface area contributed by atoms with Crippen LogP contribution in [0.3, 0.4) is 0 Å². The van der Waals surface area contributed by atoms with Gasteiger partial charge in [-0.3, -0.25) is 4.79 Å². The molecule has 0 atom stereocenters. The Morgan fingerprint density at radius 1 is 1.45 bits per heavy atom. The number of halogens is 1. The topological polar surface area (TPSA) is 96.1 Å². The lowest BCUT2D eigenvalue weighted by atomic mass is 10.2. The summed E-state index contributed by atoms with van der Waals surface area (Å²) in [5, 5.41) is 5.71. The van der Waals surface area contributed by atoms with Gasteiger partial charge in [-0.25, -0.2) is 9.78 Å². The number of carbonyl (C=O) groups excluding carboxylic acids is 1. The predicted octanol–water partition coefficient (Wildman–Crippen LogP) is 1.70. The number of nitrogens with one attached hydrogen (secondary N) is 3. The van der Waals surface area contributed by atoms with Gasteiger partial charge in [0, 0.05) is 13.1 Å². The summed E-state index contributed by atoms with van der Waals surface area (Å²) in [6.07, 6.45) is 1.62. The van der Waals surface area contributed by atoms with Crippen LogP contribution in [0.2, 0.25) is 0 Å². The Bertz CT molecular complexity index is 510. The molecule has 0 radical (unpaired) electrons. The zero-order valence-electron chi connectivity index (χ0n) is 11.7. The number of alkyl carbamates (subject to hydrolysis) is 1. The van der Waals surface area contributed by atoms with Gasteiger partial charge in [-0.15, -0.1) is 0 Å². The van der Waals surface area contributed by atoms with E-state index in [1.54, 1.807) is 0 Å². The fourth-order valence-electron chi connectivity index (χ4n) is 1.31. The van der Waals surface area contributed by atoms with Gasteiger partial charge in [-0.05, 0) is 49.8 Å². The number of aromatic amines is 1. The molecule has 0 aromatic carbocycles. The van der Waals surface area contributed by atoms with E-state index in [4.69, 9.17) is 4.74 Å². The van der Waals surface area contributed by atoms with Crippen LogP contribution in [-0.2, 0) is 4.74 Å². The van der Waals surface area contributed by atoms with Gasteiger partial charge in [-0.1, -0.05) is 0 Å². The van der Waals surface area contributed by atoms with Crippen LogP contribution in [0.4, 0.5) is 10.6 Å². The summed E-state index contributed by atoms with van der Waals surface area (Å²) in [6.45, 7) is 6.53. The maximum absolute atomic E-state index is 11.4. The molecule has 0 unspecified atom stereocenters.